The third-order valence-electron chi connectivity index (χ3n) is 4.10. The van der Waals surface area contributed by atoms with Gasteiger partial charge in [0.2, 0.25) is 0 Å². The minimum atomic E-state index is -1.04. The normalized spacial score (nSPS) is 18.7. The third kappa shape index (κ3) is 3.99. The lowest BCUT2D eigenvalue weighted by Gasteiger charge is -2.43. The van der Waals surface area contributed by atoms with Crippen LogP contribution >= 0.6 is 0 Å². The van der Waals surface area contributed by atoms with Gasteiger partial charge in [-0.1, -0.05) is 5.16 Å². The van der Waals surface area contributed by atoms with E-state index in [-0.39, 0.29) is 12.3 Å². The smallest absolute Gasteiger partial charge is 0.335 e. The molecule has 0 saturated carbocycles. The number of carbonyl (C=O) groups excluding carboxylic acids is 1. The molecule has 1 unspecified atom stereocenters. The zero-order chi connectivity index (χ0) is 20.5. The molecule has 0 fully saturated rings. The van der Waals surface area contributed by atoms with Crippen molar-refractivity contribution in [2.45, 2.75) is 45.9 Å². The minimum absolute atomic E-state index is 0.276. The van der Waals surface area contributed by atoms with Gasteiger partial charge in [0.05, 0.1) is 17.7 Å². The summed E-state index contributed by atoms with van der Waals surface area (Å²) in [5.74, 6) is -0.967. The van der Waals surface area contributed by atoms with Gasteiger partial charge in [0, 0.05) is 19.3 Å². The van der Waals surface area contributed by atoms with Gasteiger partial charge in [-0.05, 0) is 45.9 Å². The number of hydroxylamine groups is 1. The SMILES string of the molecule is CC1=NOC1(C)N(OCC(=O)OC(C)(C)C)c1ccc(F)c(-n2ccnc2)c1. The second-order valence-electron chi connectivity index (χ2n) is 7.51. The van der Waals surface area contributed by atoms with E-state index >= 15 is 0 Å². The molecule has 0 saturated heterocycles. The number of nitrogens with zero attached hydrogens (tertiary/aromatic N) is 4. The summed E-state index contributed by atoms with van der Waals surface area (Å²) in [6.45, 7) is 8.48. The fraction of sp³-hybridized carbons (Fsp3) is 0.421. The van der Waals surface area contributed by atoms with E-state index in [0.29, 0.717) is 11.4 Å². The number of imidazole rings is 1. The highest BCUT2D eigenvalue weighted by atomic mass is 19.1. The van der Waals surface area contributed by atoms with Crippen LogP contribution in [0.4, 0.5) is 10.1 Å². The molecule has 0 radical (unpaired) electrons. The van der Waals surface area contributed by atoms with Crippen LogP contribution < -0.4 is 5.06 Å². The summed E-state index contributed by atoms with van der Waals surface area (Å²) < 4.78 is 21.1. The molecule has 1 aromatic carbocycles. The molecular formula is C19H23FN4O4. The van der Waals surface area contributed by atoms with E-state index in [1.54, 1.807) is 53.1 Å². The molecule has 2 heterocycles. The zero-order valence-electron chi connectivity index (χ0n) is 16.5. The van der Waals surface area contributed by atoms with Gasteiger partial charge in [0.1, 0.15) is 17.1 Å². The van der Waals surface area contributed by atoms with Gasteiger partial charge < -0.3 is 14.1 Å². The molecule has 0 aliphatic carbocycles. The van der Waals surface area contributed by atoms with Crippen LogP contribution in [0, 0.1) is 5.82 Å². The van der Waals surface area contributed by atoms with Crippen LogP contribution in [0.5, 0.6) is 0 Å². The maximum Gasteiger partial charge on any atom is 0.335 e. The predicted octanol–water partition coefficient (Wildman–Crippen LogP) is 3.21. The number of aromatic nitrogens is 2. The topological polar surface area (TPSA) is 78.2 Å². The standard InChI is InChI=1S/C19H23FN4O4/c1-13-19(5,28-22-13)24(26-11-17(25)27-18(2,3)4)14-6-7-15(20)16(10-14)23-9-8-21-12-23/h6-10,12H,11H2,1-5H3. The number of carbonyl (C=O) groups is 1. The number of rotatable bonds is 6. The van der Waals surface area contributed by atoms with Crippen LogP contribution in [0.3, 0.4) is 0 Å². The highest BCUT2D eigenvalue weighted by Crippen LogP contribution is 2.34. The molecule has 0 amide bonds. The van der Waals surface area contributed by atoms with Crippen molar-refractivity contribution in [1.29, 1.82) is 0 Å². The quantitative estimate of drug-likeness (QED) is 0.557. The Morgan fingerprint density at radius 2 is 2.14 bits per heavy atom. The van der Waals surface area contributed by atoms with E-state index < -0.39 is 23.1 Å². The van der Waals surface area contributed by atoms with Crippen molar-refractivity contribution in [1.82, 2.24) is 9.55 Å². The number of halogens is 1. The maximum atomic E-state index is 14.3. The summed E-state index contributed by atoms with van der Waals surface area (Å²) in [4.78, 5) is 27.1. The lowest BCUT2D eigenvalue weighted by Crippen LogP contribution is -2.58. The zero-order valence-corrected chi connectivity index (χ0v) is 16.5. The second-order valence-corrected chi connectivity index (χ2v) is 7.51. The van der Waals surface area contributed by atoms with E-state index in [0.717, 1.165) is 0 Å². The molecule has 0 spiro atoms. The summed E-state index contributed by atoms with van der Waals surface area (Å²) >= 11 is 0. The Morgan fingerprint density at radius 1 is 1.39 bits per heavy atom. The van der Waals surface area contributed by atoms with Crippen molar-refractivity contribution in [2.75, 3.05) is 11.7 Å². The molecule has 1 aromatic heterocycles. The number of anilines is 1. The first kappa shape index (κ1) is 19.8. The molecule has 9 heteroatoms. The van der Waals surface area contributed by atoms with Crippen molar-refractivity contribution in [3.8, 4) is 5.69 Å². The first-order chi connectivity index (χ1) is 13.1. The van der Waals surface area contributed by atoms with E-state index in [1.807, 2.05) is 0 Å². The molecule has 2 aromatic rings. The number of ether oxygens (including phenoxy) is 1. The molecule has 0 N–H and O–H groups in total. The molecule has 8 nitrogen and oxygen atoms in total. The Bertz CT molecular complexity index is 892. The van der Waals surface area contributed by atoms with Gasteiger partial charge in [0.25, 0.3) is 5.72 Å². The number of hydrogen-bond donors (Lipinski definition) is 0. The summed E-state index contributed by atoms with van der Waals surface area (Å²) in [6.07, 6.45) is 4.67. The lowest BCUT2D eigenvalue weighted by atomic mass is 10.1. The molecule has 0 bridgehead atoms. The molecule has 1 atom stereocenters. The molecule has 1 aliphatic rings. The molecule has 3 rings (SSSR count). The molecule has 1 aliphatic heterocycles. The third-order valence-corrected chi connectivity index (χ3v) is 4.10. The number of oxime groups is 1. The van der Waals surface area contributed by atoms with Gasteiger partial charge in [-0.3, -0.25) is 4.84 Å². The van der Waals surface area contributed by atoms with Gasteiger partial charge in [-0.15, -0.1) is 0 Å². The highest BCUT2D eigenvalue weighted by molar-refractivity contribution is 5.94. The fourth-order valence-corrected chi connectivity index (χ4v) is 2.61. The summed E-state index contributed by atoms with van der Waals surface area (Å²) in [6, 6.07) is 4.42. The largest absolute Gasteiger partial charge is 0.458 e. The minimum Gasteiger partial charge on any atom is -0.458 e. The van der Waals surface area contributed by atoms with Crippen LogP contribution in [0.25, 0.3) is 5.69 Å². The van der Waals surface area contributed by atoms with Crippen LogP contribution in [0.15, 0.2) is 42.1 Å². The predicted molar refractivity (Wildman–Crippen MR) is 100 cm³/mol. The van der Waals surface area contributed by atoms with E-state index in [1.165, 1.54) is 28.1 Å². The summed E-state index contributed by atoms with van der Waals surface area (Å²) in [5, 5.41) is 5.22. The highest BCUT2D eigenvalue weighted by Gasteiger charge is 2.46. The first-order valence-corrected chi connectivity index (χ1v) is 8.76. The van der Waals surface area contributed by atoms with Gasteiger partial charge in [0.15, 0.2) is 6.61 Å². The molecule has 150 valence electrons. The second kappa shape index (κ2) is 7.23. The van der Waals surface area contributed by atoms with Crippen LogP contribution in [-0.2, 0) is 19.2 Å². The van der Waals surface area contributed by atoms with Crippen molar-refractivity contribution in [3.05, 3.63) is 42.7 Å². The van der Waals surface area contributed by atoms with Crippen LogP contribution in [-0.4, -0.2) is 39.2 Å². The summed E-state index contributed by atoms with van der Waals surface area (Å²) in [7, 11) is 0. The van der Waals surface area contributed by atoms with Crippen molar-refractivity contribution < 1.29 is 23.6 Å². The van der Waals surface area contributed by atoms with Gasteiger partial charge >= 0.3 is 5.97 Å². The molecule has 28 heavy (non-hydrogen) atoms. The van der Waals surface area contributed by atoms with Crippen molar-refractivity contribution in [2.24, 2.45) is 5.16 Å². The number of benzene rings is 1. The van der Waals surface area contributed by atoms with E-state index in [2.05, 4.69) is 10.1 Å². The molecular weight excluding hydrogens is 367 g/mol. The lowest BCUT2D eigenvalue weighted by molar-refractivity contribution is -0.165. The van der Waals surface area contributed by atoms with Crippen molar-refractivity contribution >= 4 is 17.4 Å². The van der Waals surface area contributed by atoms with Gasteiger partial charge in [-0.2, -0.15) is 0 Å². The monoisotopic (exact) mass is 390 g/mol. The summed E-state index contributed by atoms with van der Waals surface area (Å²) in [5.41, 5.74) is -0.273. The van der Waals surface area contributed by atoms with Crippen LogP contribution in [0.2, 0.25) is 0 Å². The Hall–Kier alpha value is -2.94. The van der Waals surface area contributed by atoms with E-state index in [9.17, 15) is 9.18 Å². The fourth-order valence-electron chi connectivity index (χ4n) is 2.61. The maximum absolute atomic E-state index is 14.3. The first-order valence-electron chi connectivity index (χ1n) is 8.76. The van der Waals surface area contributed by atoms with Crippen molar-refractivity contribution in [3.63, 3.8) is 0 Å². The Balaban J connectivity index is 1.89. The Labute approximate surface area is 162 Å². The van der Waals surface area contributed by atoms with Gasteiger partial charge in [-0.25, -0.2) is 19.2 Å². The Morgan fingerprint density at radius 3 is 2.68 bits per heavy atom. The Kier molecular flexibility index (Phi) is 5.12. The average Bonchev–Trinajstić information content (AvgIpc) is 3.14. The number of esters is 1. The van der Waals surface area contributed by atoms with Crippen LogP contribution in [0.1, 0.15) is 34.6 Å². The van der Waals surface area contributed by atoms with E-state index in [4.69, 9.17) is 14.4 Å². The number of hydrogen-bond acceptors (Lipinski definition) is 7. The average molecular weight is 390 g/mol.